The molecule has 0 saturated carbocycles. The van der Waals surface area contributed by atoms with Gasteiger partial charge in [-0.1, -0.05) is 42.8 Å². The number of anilines is 1. The van der Waals surface area contributed by atoms with Gasteiger partial charge in [-0.3, -0.25) is 4.90 Å². The van der Waals surface area contributed by atoms with Crippen molar-refractivity contribution in [2.75, 3.05) is 12.3 Å². The summed E-state index contributed by atoms with van der Waals surface area (Å²) in [5, 5.41) is 0.797. The van der Waals surface area contributed by atoms with E-state index in [1.807, 2.05) is 18.2 Å². The van der Waals surface area contributed by atoms with Crippen LogP contribution in [-0.2, 0) is 13.0 Å². The van der Waals surface area contributed by atoms with Crippen LogP contribution in [0, 0.1) is 0 Å². The van der Waals surface area contributed by atoms with Crippen LogP contribution in [0.2, 0.25) is 5.02 Å². The fraction of sp³-hybridized carbons (Fsp3) is 0.333. The van der Waals surface area contributed by atoms with E-state index < -0.39 is 0 Å². The summed E-state index contributed by atoms with van der Waals surface area (Å²) in [6.07, 6.45) is 2.13. The average Bonchev–Trinajstić information content (AvgIpc) is 2.50. The summed E-state index contributed by atoms with van der Waals surface area (Å²) in [6, 6.07) is 15.0. The molecule has 1 aliphatic rings. The highest BCUT2D eigenvalue weighted by molar-refractivity contribution is 6.30. The quantitative estimate of drug-likeness (QED) is 0.850. The van der Waals surface area contributed by atoms with E-state index >= 15 is 0 Å². The lowest BCUT2D eigenvalue weighted by atomic mass is 9.94. The molecule has 0 bridgehead atoms. The van der Waals surface area contributed by atoms with Gasteiger partial charge in [0.15, 0.2) is 0 Å². The van der Waals surface area contributed by atoms with Crippen molar-refractivity contribution < 1.29 is 0 Å². The molecule has 3 rings (SSSR count). The molecule has 0 aromatic heterocycles. The van der Waals surface area contributed by atoms with Gasteiger partial charge in [-0.15, -0.1) is 0 Å². The van der Waals surface area contributed by atoms with Crippen molar-refractivity contribution in [3.8, 4) is 0 Å². The number of hydrogen-bond donors (Lipinski definition) is 1. The largest absolute Gasteiger partial charge is 0.398 e. The van der Waals surface area contributed by atoms with Crippen molar-refractivity contribution in [1.82, 2.24) is 4.90 Å². The maximum Gasteiger partial charge on any atom is 0.0406 e. The van der Waals surface area contributed by atoms with E-state index in [4.69, 9.17) is 17.3 Å². The molecule has 1 unspecified atom stereocenters. The first-order valence-corrected chi connectivity index (χ1v) is 7.92. The zero-order chi connectivity index (χ0) is 14.8. The summed E-state index contributed by atoms with van der Waals surface area (Å²) in [4.78, 5) is 2.55. The second-order valence-corrected chi connectivity index (χ2v) is 6.12. The van der Waals surface area contributed by atoms with Crippen molar-refractivity contribution >= 4 is 17.3 Å². The third-order valence-electron chi connectivity index (χ3n) is 4.41. The van der Waals surface area contributed by atoms with Crippen molar-refractivity contribution in [3.63, 3.8) is 0 Å². The maximum absolute atomic E-state index is 6.09. The van der Waals surface area contributed by atoms with Gasteiger partial charge in [-0.25, -0.2) is 0 Å². The Kier molecular flexibility index (Phi) is 4.18. The second-order valence-electron chi connectivity index (χ2n) is 5.68. The zero-order valence-electron chi connectivity index (χ0n) is 12.3. The van der Waals surface area contributed by atoms with Crippen LogP contribution in [0.5, 0.6) is 0 Å². The lowest BCUT2D eigenvalue weighted by molar-refractivity contribution is 0.174. The Morgan fingerprint density at radius 3 is 2.67 bits per heavy atom. The first-order chi connectivity index (χ1) is 10.2. The normalized spacial score (nSPS) is 16.5. The Morgan fingerprint density at radius 1 is 1.19 bits per heavy atom. The molecular formula is C18H21ClN2. The van der Waals surface area contributed by atoms with Gasteiger partial charge < -0.3 is 5.73 Å². The molecule has 21 heavy (non-hydrogen) atoms. The molecule has 1 aliphatic heterocycles. The molecule has 0 amide bonds. The van der Waals surface area contributed by atoms with Gasteiger partial charge in [-0.2, -0.15) is 0 Å². The van der Waals surface area contributed by atoms with E-state index in [0.717, 1.165) is 36.6 Å². The molecule has 0 radical (unpaired) electrons. The Bertz CT molecular complexity index is 622. The maximum atomic E-state index is 6.09. The Morgan fingerprint density at radius 2 is 1.95 bits per heavy atom. The number of nitrogens with zero attached hydrogens (tertiary/aromatic N) is 1. The first kappa shape index (κ1) is 14.4. The summed E-state index contributed by atoms with van der Waals surface area (Å²) >= 11 is 6.00. The van der Waals surface area contributed by atoms with Crippen LogP contribution in [0.3, 0.4) is 0 Å². The Balaban J connectivity index is 1.85. The van der Waals surface area contributed by atoms with Gasteiger partial charge in [0.25, 0.3) is 0 Å². The number of nitrogen functional groups attached to an aromatic ring is 1. The number of rotatable bonds is 3. The molecule has 2 N–H and O–H groups in total. The van der Waals surface area contributed by atoms with Crippen molar-refractivity contribution in [3.05, 3.63) is 64.2 Å². The predicted molar refractivity (Wildman–Crippen MR) is 89.5 cm³/mol. The van der Waals surface area contributed by atoms with E-state index in [-0.39, 0.29) is 0 Å². The van der Waals surface area contributed by atoms with Gasteiger partial charge in [0, 0.05) is 29.8 Å². The summed E-state index contributed by atoms with van der Waals surface area (Å²) < 4.78 is 0. The number of nitrogens with two attached hydrogens (primary N) is 1. The van der Waals surface area contributed by atoms with E-state index in [2.05, 4.69) is 36.1 Å². The molecule has 0 aliphatic carbocycles. The molecule has 2 aromatic carbocycles. The lowest BCUT2D eigenvalue weighted by Gasteiger charge is -2.36. The molecule has 2 aromatic rings. The van der Waals surface area contributed by atoms with Crippen LogP contribution in [0.1, 0.15) is 36.1 Å². The van der Waals surface area contributed by atoms with E-state index in [0.29, 0.717) is 6.04 Å². The molecule has 0 spiro atoms. The van der Waals surface area contributed by atoms with Crippen LogP contribution in [-0.4, -0.2) is 11.4 Å². The summed E-state index contributed by atoms with van der Waals surface area (Å²) in [7, 11) is 0. The Hall–Kier alpha value is -1.51. The van der Waals surface area contributed by atoms with Gasteiger partial charge in [-0.05, 0) is 47.7 Å². The predicted octanol–water partition coefficient (Wildman–Crippen LogP) is 4.43. The first-order valence-electron chi connectivity index (χ1n) is 7.54. The second kappa shape index (κ2) is 6.08. The molecule has 0 fully saturated rings. The molecule has 1 heterocycles. The van der Waals surface area contributed by atoms with Gasteiger partial charge in [0.2, 0.25) is 0 Å². The highest BCUT2D eigenvalue weighted by atomic mass is 35.5. The van der Waals surface area contributed by atoms with Crippen molar-refractivity contribution in [2.45, 2.75) is 32.4 Å². The topological polar surface area (TPSA) is 29.3 Å². The van der Waals surface area contributed by atoms with Crippen LogP contribution in [0.4, 0.5) is 5.69 Å². The number of halogens is 1. The monoisotopic (exact) mass is 300 g/mol. The third kappa shape index (κ3) is 2.92. The number of fused-ring (bicyclic) bond motifs is 1. The summed E-state index contributed by atoms with van der Waals surface area (Å²) in [5.74, 6) is 0. The molecule has 3 heteroatoms. The minimum absolute atomic E-state index is 0.442. The highest BCUT2D eigenvalue weighted by Crippen LogP contribution is 2.32. The lowest BCUT2D eigenvalue weighted by Crippen LogP contribution is -2.34. The summed E-state index contributed by atoms with van der Waals surface area (Å²) in [5.41, 5.74) is 11.1. The van der Waals surface area contributed by atoms with Crippen LogP contribution in [0.15, 0.2) is 42.5 Å². The van der Waals surface area contributed by atoms with E-state index in [9.17, 15) is 0 Å². The third-order valence-corrected chi connectivity index (χ3v) is 4.67. The van der Waals surface area contributed by atoms with E-state index in [1.54, 1.807) is 0 Å². The van der Waals surface area contributed by atoms with E-state index in [1.165, 1.54) is 16.7 Å². The molecule has 110 valence electrons. The summed E-state index contributed by atoms with van der Waals surface area (Å²) in [6.45, 7) is 4.28. The number of benzene rings is 2. The van der Waals surface area contributed by atoms with Crippen LogP contribution >= 0.6 is 11.6 Å². The minimum Gasteiger partial charge on any atom is -0.398 e. The molecule has 1 atom stereocenters. The SMILES string of the molecule is CCC(c1ccc(Cl)cc1)N1CCc2c(N)cccc2C1. The van der Waals surface area contributed by atoms with Crippen LogP contribution < -0.4 is 5.73 Å². The van der Waals surface area contributed by atoms with Crippen molar-refractivity contribution in [1.29, 1.82) is 0 Å². The smallest absolute Gasteiger partial charge is 0.0406 e. The van der Waals surface area contributed by atoms with Crippen LogP contribution in [0.25, 0.3) is 0 Å². The Labute approximate surface area is 131 Å². The highest BCUT2D eigenvalue weighted by Gasteiger charge is 2.24. The van der Waals surface area contributed by atoms with Gasteiger partial charge in [0.05, 0.1) is 0 Å². The fourth-order valence-corrected chi connectivity index (χ4v) is 3.44. The number of hydrogen-bond acceptors (Lipinski definition) is 2. The van der Waals surface area contributed by atoms with Crippen molar-refractivity contribution in [2.24, 2.45) is 0 Å². The molecular weight excluding hydrogens is 280 g/mol. The zero-order valence-corrected chi connectivity index (χ0v) is 13.1. The van der Waals surface area contributed by atoms with Gasteiger partial charge >= 0.3 is 0 Å². The minimum atomic E-state index is 0.442. The fourth-order valence-electron chi connectivity index (χ4n) is 3.32. The standard InChI is InChI=1S/C18H21ClN2/c1-2-18(13-6-8-15(19)9-7-13)21-11-10-16-14(12-21)4-3-5-17(16)20/h3-9,18H,2,10-12,20H2,1H3. The molecule has 0 saturated heterocycles. The molecule has 2 nitrogen and oxygen atoms in total. The van der Waals surface area contributed by atoms with Gasteiger partial charge in [0.1, 0.15) is 0 Å². The average molecular weight is 301 g/mol.